The van der Waals surface area contributed by atoms with Crippen molar-refractivity contribution in [2.24, 2.45) is 0 Å². The van der Waals surface area contributed by atoms with Crippen molar-refractivity contribution in [2.45, 2.75) is 6.04 Å². The molecule has 1 atom stereocenters. The molecule has 2 aromatic rings. The zero-order valence-corrected chi connectivity index (χ0v) is 15.2. The molecule has 1 unspecified atom stereocenters. The van der Waals surface area contributed by atoms with Crippen LogP contribution in [0.3, 0.4) is 0 Å². The van der Waals surface area contributed by atoms with E-state index < -0.39 is 11.9 Å². The molecule has 2 heterocycles. The predicted octanol–water partition coefficient (Wildman–Crippen LogP) is 1.17. The lowest BCUT2D eigenvalue weighted by Crippen LogP contribution is -2.37. The van der Waals surface area contributed by atoms with Crippen LogP contribution < -0.4 is 10.1 Å². The molecule has 0 bridgehead atoms. The van der Waals surface area contributed by atoms with E-state index in [1.807, 2.05) is 18.2 Å². The molecule has 0 saturated heterocycles. The number of fused-ring (bicyclic) bond motifs is 1. The zero-order chi connectivity index (χ0) is 19.6. The van der Waals surface area contributed by atoms with Gasteiger partial charge >= 0.3 is 11.9 Å². The van der Waals surface area contributed by atoms with Gasteiger partial charge in [0.25, 0.3) is 5.91 Å². The van der Waals surface area contributed by atoms with Gasteiger partial charge in [0.15, 0.2) is 0 Å². The van der Waals surface area contributed by atoms with E-state index in [0.29, 0.717) is 11.4 Å². The minimum absolute atomic E-state index is 0.250. The quantitative estimate of drug-likeness (QED) is 0.644. The van der Waals surface area contributed by atoms with E-state index in [9.17, 15) is 14.4 Å². The number of nitrogens with one attached hydrogen (secondary N) is 1. The molecule has 140 valence electrons. The molecule has 0 spiro atoms. The largest absolute Gasteiger partial charge is 0.491 e. The Bertz CT molecular complexity index is 895. The van der Waals surface area contributed by atoms with Crippen LogP contribution in [0.15, 0.2) is 36.5 Å². The fourth-order valence-corrected chi connectivity index (χ4v) is 2.89. The van der Waals surface area contributed by atoms with Crippen LogP contribution in [0.2, 0.25) is 0 Å². The minimum Gasteiger partial charge on any atom is -0.491 e. The maximum absolute atomic E-state index is 12.0. The van der Waals surface area contributed by atoms with Crippen LogP contribution in [0.1, 0.15) is 22.1 Å². The van der Waals surface area contributed by atoms with Crippen LogP contribution in [-0.4, -0.2) is 55.5 Å². The van der Waals surface area contributed by atoms with Crippen molar-refractivity contribution in [3.63, 3.8) is 0 Å². The Labute approximate surface area is 156 Å². The first-order valence-corrected chi connectivity index (χ1v) is 8.26. The number of methoxy groups -OCH3 is 1. The lowest BCUT2D eigenvalue weighted by Gasteiger charge is -2.22. The van der Waals surface area contributed by atoms with E-state index in [1.54, 1.807) is 25.4 Å². The zero-order valence-electron chi connectivity index (χ0n) is 15.2. The third-order valence-electron chi connectivity index (χ3n) is 4.47. The van der Waals surface area contributed by atoms with Gasteiger partial charge < -0.3 is 19.7 Å². The van der Waals surface area contributed by atoms with Gasteiger partial charge in [-0.3, -0.25) is 14.6 Å². The van der Waals surface area contributed by atoms with E-state index in [0.717, 1.165) is 16.7 Å². The van der Waals surface area contributed by atoms with E-state index in [4.69, 9.17) is 4.74 Å². The van der Waals surface area contributed by atoms with E-state index in [2.05, 4.69) is 15.0 Å². The maximum atomic E-state index is 12.0. The van der Waals surface area contributed by atoms with Crippen LogP contribution in [0.4, 0.5) is 0 Å². The van der Waals surface area contributed by atoms with Gasteiger partial charge in [0.1, 0.15) is 18.1 Å². The van der Waals surface area contributed by atoms with Crippen LogP contribution in [-0.2, 0) is 14.3 Å². The summed E-state index contributed by atoms with van der Waals surface area (Å²) in [6.07, 6.45) is 1.62. The first-order valence-electron chi connectivity index (χ1n) is 8.26. The Kier molecular flexibility index (Phi) is 5.07. The van der Waals surface area contributed by atoms with Gasteiger partial charge in [-0.2, -0.15) is 0 Å². The van der Waals surface area contributed by atoms with Crippen molar-refractivity contribution in [1.82, 2.24) is 15.2 Å². The third-order valence-corrected chi connectivity index (χ3v) is 4.47. The summed E-state index contributed by atoms with van der Waals surface area (Å²) in [7, 11) is 4.26. The summed E-state index contributed by atoms with van der Waals surface area (Å²) >= 11 is 0. The fraction of sp³-hybridized carbons (Fsp3) is 0.263. The van der Waals surface area contributed by atoms with Crippen LogP contribution in [0, 0.1) is 0 Å². The average molecular weight is 369 g/mol. The van der Waals surface area contributed by atoms with Crippen molar-refractivity contribution in [2.75, 3.05) is 27.8 Å². The molecule has 1 aliphatic heterocycles. The molecule has 0 fully saturated rings. The topological polar surface area (TPSA) is 97.8 Å². The molecule has 8 heteroatoms. The number of ether oxygens (including phenoxy) is 2. The fourth-order valence-electron chi connectivity index (χ4n) is 2.89. The molecule has 8 nitrogen and oxygen atoms in total. The number of hydrogen-bond acceptors (Lipinski definition) is 6. The third kappa shape index (κ3) is 3.46. The van der Waals surface area contributed by atoms with Gasteiger partial charge in [-0.25, -0.2) is 4.79 Å². The van der Waals surface area contributed by atoms with Gasteiger partial charge in [-0.05, 0) is 17.7 Å². The van der Waals surface area contributed by atoms with Crippen molar-refractivity contribution >= 4 is 17.8 Å². The first kappa shape index (κ1) is 18.4. The first-order chi connectivity index (χ1) is 13.0. The number of likely N-dealkylation sites (N-methyl/N-ethyl adjacent to an activating group) is 1. The number of nitrogens with zero attached hydrogens (tertiary/aromatic N) is 2. The summed E-state index contributed by atoms with van der Waals surface area (Å²) < 4.78 is 10.2. The summed E-state index contributed by atoms with van der Waals surface area (Å²) in [5.41, 5.74) is 2.85. The number of benzene rings is 1. The second kappa shape index (κ2) is 7.45. The van der Waals surface area contributed by atoms with Gasteiger partial charge in [-0.1, -0.05) is 18.2 Å². The Morgan fingerprint density at radius 2 is 1.96 bits per heavy atom. The highest BCUT2D eigenvalue weighted by atomic mass is 16.5. The number of amides is 2. The Hall–Kier alpha value is -3.42. The van der Waals surface area contributed by atoms with Crippen molar-refractivity contribution in [3.05, 3.63) is 47.8 Å². The molecule has 1 aliphatic rings. The maximum Gasteiger partial charge on any atom is 0.396 e. The second-order valence-corrected chi connectivity index (χ2v) is 6.00. The molecule has 1 aromatic heterocycles. The van der Waals surface area contributed by atoms with E-state index in [-0.39, 0.29) is 18.6 Å². The lowest BCUT2D eigenvalue weighted by atomic mass is 10.0. The summed E-state index contributed by atoms with van der Waals surface area (Å²) in [6.45, 7) is 0.256. The molecule has 0 radical (unpaired) electrons. The molecule has 27 heavy (non-hydrogen) atoms. The van der Waals surface area contributed by atoms with Gasteiger partial charge in [0, 0.05) is 31.4 Å². The van der Waals surface area contributed by atoms with E-state index >= 15 is 0 Å². The van der Waals surface area contributed by atoms with Crippen molar-refractivity contribution < 1.29 is 23.9 Å². The van der Waals surface area contributed by atoms with Crippen molar-refractivity contribution in [3.8, 4) is 16.9 Å². The summed E-state index contributed by atoms with van der Waals surface area (Å²) in [4.78, 5) is 40.5. The molecular weight excluding hydrogens is 350 g/mol. The number of carbonyl (C=O) groups is 3. The number of aromatic nitrogens is 1. The molecule has 0 aliphatic carbocycles. The highest BCUT2D eigenvalue weighted by Gasteiger charge is 2.33. The second-order valence-electron chi connectivity index (χ2n) is 6.00. The van der Waals surface area contributed by atoms with Crippen LogP contribution in [0.25, 0.3) is 11.1 Å². The highest BCUT2D eigenvalue weighted by molar-refractivity contribution is 6.32. The van der Waals surface area contributed by atoms with Gasteiger partial charge in [0.2, 0.25) is 0 Å². The Morgan fingerprint density at radius 1 is 1.22 bits per heavy atom. The summed E-state index contributed by atoms with van der Waals surface area (Å²) in [5.74, 6) is -1.25. The van der Waals surface area contributed by atoms with E-state index in [1.165, 1.54) is 19.1 Å². The summed E-state index contributed by atoms with van der Waals surface area (Å²) in [6, 6.07) is 8.67. The van der Waals surface area contributed by atoms with Gasteiger partial charge in [0.05, 0.1) is 13.2 Å². The SMILES string of the molecule is CNC(=O)c1ccc(-c2ccc3c(c2)OCC3N(C)C(=O)C(=O)OC)cn1. The highest BCUT2D eigenvalue weighted by Crippen LogP contribution is 2.38. The molecule has 2 amide bonds. The normalized spacial score (nSPS) is 14.7. The lowest BCUT2D eigenvalue weighted by molar-refractivity contribution is -0.158. The molecule has 1 aromatic carbocycles. The standard InChI is InChI=1S/C19H19N3O5/c1-20-17(23)14-7-5-12(9-21-14)11-4-6-13-15(10-27-16(13)8-11)22(2)18(24)19(25)26-3/h4-9,15H,10H2,1-3H3,(H,20,23). The van der Waals surface area contributed by atoms with Crippen LogP contribution >= 0.6 is 0 Å². The monoisotopic (exact) mass is 369 g/mol. The van der Waals surface area contributed by atoms with Crippen molar-refractivity contribution in [1.29, 1.82) is 0 Å². The number of pyridine rings is 1. The Balaban J connectivity index is 1.83. The minimum atomic E-state index is -0.912. The summed E-state index contributed by atoms with van der Waals surface area (Å²) in [5, 5.41) is 2.52. The number of hydrogen-bond donors (Lipinski definition) is 1. The predicted molar refractivity (Wildman–Crippen MR) is 96.1 cm³/mol. The molecule has 1 N–H and O–H groups in total. The molecule has 0 saturated carbocycles. The molecule has 3 rings (SSSR count). The number of rotatable bonds is 3. The molecular formula is C19H19N3O5. The smallest absolute Gasteiger partial charge is 0.396 e. The van der Waals surface area contributed by atoms with Gasteiger partial charge in [-0.15, -0.1) is 0 Å². The average Bonchev–Trinajstić information content (AvgIpc) is 3.14. The van der Waals surface area contributed by atoms with Crippen LogP contribution in [0.5, 0.6) is 5.75 Å². The Morgan fingerprint density at radius 3 is 2.59 bits per heavy atom. The number of esters is 1. The number of carbonyl (C=O) groups excluding carboxylic acids is 3.